The quantitative estimate of drug-likeness (QED) is 0.721. The van der Waals surface area contributed by atoms with Crippen molar-refractivity contribution in [2.75, 3.05) is 18.5 Å². The van der Waals surface area contributed by atoms with Gasteiger partial charge in [0.2, 0.25) is 0 Å². The fraction of sp³-hybridized carbons (Fsp3) is 0.312. The molecule has 22 heavy (non-hydrogen) atoms. The van der Waals surface area contributed by atoms with E-state index in [-0.39, 0.29) is 25.1 Å². The van der Waals surface area contributed by atoms with Gasteiger partial charge in [-0.1, -0.05) is 24.6 Å². The highest BCUT2D eigenvalue weighted by molar-refractivity contribution is 7.16. The summed E-state index contributed by atoms with van der Waals surface area (Å²) >= 11 is 7.55. The van der Waals surface area contributed by atoms with Crippen LogP contribution in [0.4, 0.5) is 5.69 Å². The van der Waals surface area contributed by atoms with E-state index in [2.05, 4.69) is 17.6 Å². The third-order valence-corrected chi connectivity index (χ3v) is 4.55. The van der Waals surface area contributed by atoms with Crippen LogP contribution in [0.3, 0.4) is 0 Å². The molecule has 3 N–H and O–H groups in total. The van der Waals surface area contributed by atoms with Gasteiger partial charge in [-0.3, -0.25) is 4.79 Å². The van der Waals surface area contributed by atoms with Crippen LogP contribution < -0.4 is 10.6 Å². The standard InChI is InChI=1S/C16H19ClN2O2S/c1-2-13(14-6-7-15(17)22-14)19-12-5-3-4-11(10-12)16(21)18-8-9-20/h3-7,10,13,19-20H,2,8-9H2,1H3,(H,18,21). The fourth-order valence-corrected chi connectivity index (χ4v) is 3.31. The summed E-state index contributed by atoms with van der Waals surface area (Å²) in [5.41, 5.74) is 1.45. The fourth-order valence-electron chi connectivity index (χ4n) is 2.11. The number of hydrogen-bond donors (Lipinski definition) is 3. The van der Waals surface area contributed by atoms with Crippen LogP contribution in [0.2, 0.25) is 4.34 Å². The van der Waals surface area contributed by atoms with Gasteiger partial charge in [-0.2, -0.15) is 0 Å². The maximum absolute atomic E-state index is 11.9. The van der Waals surface area contributed by atoms with Gasteiger partial charge < -0.3 is 15.7 Å². The van der Waals surface area contributed by atoms with E-state index in [0.717, 1.165) is 16.4 Å². The van der Waals surface area contributed by atoms with Crippen molar-refractivity contribution >= 4 is 34.5 Å². The van der Waals surface area contributed by atoms with Crippen LogP contribution in [-0.4, -0.2) is 24.2 Å². The number of thiophene rings is 1. The number of amides is 1. The minimum absolute atomic E-state index is 0.0687. The predicted octanol–water partition coefficient (Wildman–Crippen LogP) is 3.69. The first kappa shape index (κ1) is 16.8. The molecule has 0 fully saturated rings. The zero-order valence-corrected chi connectivity index (χ0v) is 13.9. The Labute approximate surface area is 139 Å². The van der Waals surface area contributed by atoms with Gasteiger partial charge in [0.15, 0.2) is 0 Å². The highest BCUT2D eigenvalue weighted by atomic mass is 35.5. The Hall–Kier alpha value is -1.56. The number of halogens is 1. The Morgan fingerprint density at radius 1 is 1.36 bits per heavy atom. The first-order valence-electron chi connectivity index (χ1n) is 7.15. The molecule has 1 aromatic carbocycles. The number of hydrogen-bond acceptors (Lipinski definition) is 4. The minimum Gasteiger partial charge on any atom is -0.395 e. The van der Waals surface area contributed by atoms with E-state index in [1.54, 1.807) is 17.4 Å². The van der Waals surface area contributed by atoms with Crippen LogP contribution in [0.1, 0.15) is 34.6 Å². The summed E-state index contributed by atoms with van der Waals surface area (Å²) in [7, 11) is 0. The van der Waals surface area contributed by atoms with Gasteiger partial charge in [-0.25, -0.2) is 0 Å². The number of benzene rings is 1. The Bertz CT molecular complexity index is 630. The SMILES string of the molecule is CCC(Nc1cccc(C(=O)NCCO)c1)c1ccc(Cl)s1. The summed E-state index contributed by atoms with van der Waals surface area (Å²) in [4.78, 5) is 13.1. The van der Waals surface area contributed by atoms with E-state index >= 15 is 0 Å². The molecular weight excluding hydrogens is 320 g/mol. The number of nitrogens with one attached hydrogen (secondary N) is 2. The molecule has 2 rings (SSSR count). The second-order valence-corrected chi connectivity index (χ2v) is 6.55. The molecule has 0 aliphatic carbocycles. The van der Waals surface area contributed by atoms with Crippen LogP contribution in [0.25, 0.3) is 0 Å². The summed E-state index contributed by atoms with van der Waals surface area (Å²) in [6.07, 6.45) is 0.914. The molecule has 0 spiro atoms. The van der Waals surface area contributed by atoms with Crippen LogP contribution in [0, 0.1) is 0 Å². The third kappa shape index (κ3) is 4.47. The van der Waals surface area contributed by atoms with Crippen LogP contribution >= 0.6 is 22.9 Å². The minimum atomic E-state index is -0.190. The van der Waals surface area contributed by atoms with E-state index < -0.39 is 0 Å². The van der Waals surface area contributed by atoms with E-state index in [9.17, 15) is 4.79 Å². The van der Waals surface area contributed by atoms with Crippen molar-refractivity contribution in [1.29, 1.82) is 0 Å². The Morgan fingerprint density at radius 3 is 2.82 bits per heavy atom. The molecule has 118 valence electrons. The molecule has 1 aromatic heterocycles. The second kappa shape index (κ2) is 8.17. The Kier molecular flexibility index (Phi) is 6.24. The van der Waals surface area contributed by atoms with Gasteiger partial charge >= 0.3 is 0 Å². The monoisotopic (exact) mass is 338 g/mol. The van der Waals surface area contributed by atoms with Gasteiger partial charge in [0.25, 0.3) is 5.91 Å². The van der Waals surface area contributed by atoms with E-state index in [4.69, 9.17) is 16.7 Å². The lowest BCUT2D eigenvalue weighted by molar-refractivity contribution is 0.0945. The summed E-state index contributed by atoms with van der Waals surface area (Å²) in [6, 6.07) is 11.4. The van der Waals surface area contributed by atoms with Gasteiger partial charge in [-0.15, -0.1) is 11.3 Å². The molecule has 0 aliphatic rings. The smallest absolute Gasteiger partial charge is 0.251 e. The first-order valence-corrected chi connectivity index (χ1v) is 8.34. The maximum atomic E-state index is 11.9. The number of carbonyl (C=O) groups excluding carboxylic acids is 1. The number of aliphatic hydroxyl groups is 1. The largest absolute Gasteiger partial charge is 0.395 e. The molecule has 4 nitrogen and oxygen atoms in total. The summed E-state index contributed by atoms with van der Waals surface area (Å²) in [6.45, 7) is 2.28. The van der Waals surface area contributed by atoms with E-state index in [1.807, 2.05) is 30.3 Å². The van der Waals surface area contributed by atoms with Crippen molar-refractivity contribution in [2.45, 2.75) is 19.4 Å². The van der Waals surface area contributed by atoms with Gasteiger partial charge in [0.05, 0.1) is 17.0 Å². The Balaban J connectivity index is 2.10. The molecular formula is C16H19ClN2O2S. The zero-order valence-electron chi connectivity index (χ0n) is 12.3. The molecule has 0 aliphatic heterocycles. The number of rotatable bonds is 7. The van der Waals surface area contributed by atoms with E-state index in [1.165, 1.54) is 4.88 Å². The van der Waals surface area contributed by atoms with Crippen LogP contribution in [-0.2, 0) is 0 Å². The van der Waals surface area contributed by atoms with Crippen molar-refractivity contribution in [3.8, 4) is 0 Å². The van der Waals surface area contributed by atoms with Crippen molar-refractivity contribution in [1.82, 2.24) is 5.32 Å². The van der Waals surface area contributed by atoms with E-state index in [0.29, 0.717) is 5.56 Å². The van der Waals surface area contributed by atoms with Gasteiger partial charge in [-0.05, 0) is 36.8 Å². The lowest BCUT2D eigenvalue weighted by Crippen LogP contribution is -2.26. The average molecular weight is 339 g/mol. The van der Waals surface area contributed by atoms with Crippen molar-refractivity contribution in [3.63, 3.8) is 0 Å². The Morgan fingerprint density at radius 2 is 2.18 bits per heavy atom. The van der Waals surface area contributed by atoms with Gasteiger partial charge in [0.1, 0.15) is 0 Å². The van der Waals surface area contributed by atoms with Gasteiger partial charge in [0, 0.05) is 22.7 Å². The molecule has 0 bridgehead atoms. The molecule has 1 unspecified atom stereocenters. The number of carbonyl (C=O) groups is 1. The van der Waals surface area contributed by atoms with Crippen LogP contribution in [0.5, 0.6) is 0 Å². The summed E-state index contributed by atoms with van der Waals surface area (Å²) < 4.78 is 0.771. The highest BCUT2D eigenvalue weighted by Gasteiger charge is 2.13. The summed E-state index contributed by atoms with van der Waals surface area (Å²) in [5, 5.41) is 14.8. The molecule has 0 radical (unpaired) electrons. The highest BCUT2D eigenvalue weighted by Crippen LogP contribution is 2.31. The average Bonchev–Trinajstić information content (AvgIpc) is 2.96. The van der Waals surface area contributed by atoms with Crippen molar-refractivity contribution < 1.29 is 9.90 Å². The molecule has 6 heteroatoms. The van der Waals surface area contributed by atoms with Crippen molar-refractivity contribution in [3.05, 3.63) is 51.2 Å². The number of anilines is 1. The lowest BCUT2D eigenvalue weighted by Gasteiger charge is -2.17. The molecule has 1 heterocycles. The zero-order chi connectivity index (χ0) is 15.9. The molecule has 1 amide bonds. The third-order valence-electron chi connectivity index (χ3n) is 3.21. The second-order valence-electron chi connectivity index (χ2n) is 4.81. The normalized spacial score (nSPS) is 12.0. The molecule has 2 aromatic rings. The predicted molar refractivity (Wildman–Crippen MR) is 91.8 cm³/mol. The first-order chi connectivity index (χ1) is 10.6. The molecule has 1 atom stereocenters. The lowest BCUT2D eigenvalue weighted by atomic mass is 10.1. The molecule has 0 saturated carbocycles. The number of aliphatic hydroxyl groups excluding tert-OH is 1. The maximum Gasteiger partial charge on any atom is 0.251 e. The van der Waals surface area contributed by atoms with Crippen LogP contribution in [0.15, 0.2) is 36.4 Å². The molecule has 0 saturated heterocycles. The topological polar surface area (TPSA) is 61.4 Å². The van der Waals surface area contributed by atoms with Crippen molar-refractivity contribution in [2.24, 2.45) is 0 Å². The summed E-state index contributed by atoms with van der Waals surface area (Å²) in [5.74, 6) is -0.190.